The van der Waals surface area contributed by atoms with Gasteiger partial charge in [-0.2, -0.15) is 0 Å². The van der Waals surface area contributed by atoms with E-state index in [-0.39, 0.29) is 18.8 Å². The van der Waals surface area contributed by atoms with Gasteiger partial charge < -0.3 is 19.9 Å². The van der Waals surface area contributed by atoms with Crippen LogP contribution in [0.1, 0.15) is 33.1 Å². The third kappa shape index (κ3) is 7.17. The molecule has 1 atom stereocenters. The second-order valence-electron chi connectivity index (χ2n) is 4.64. The number of rotatable bonds is 10. The van der Waals surface area contributed by atoms with E-state index >= 15 is 0 Å². The fourth-order valence-electron chi connectivity index (χ4n) is 1.48. The van der Waals surface area contributed by atoms with Crippen molar-refractivity contribution in [2.75, 3.05) is 26.4 Å². The molecule has 1 rings (SSSR count). The minimum Gasteiger partial charge on any atom is -0.395 e. The molecule has 0 bridgehead atoms. The molecule has 0 saturated heterocycles. The van der Waals surface area contributed by atoms with Crippen LogP contribution in [0.2, 0.25) is 0 Å². The van der Waals surface area contributed by atoms with Gasteiger partial charge in [-0.1, -0.05) is 0 Å². The molecule has 1 aliphatic carbocycles. The molecule has 0 radical (unpaired) electrons. The summed E-state index contributed by atoms with van der Waals surface area (Å²) < 4.78 is 10.8. The first-order valence-electron chi connectivity index (χ1n) is 6.28. The van der Waals surface area contributed by atoms with E-state index in [0.717, 1.165) is 6.42 Å². The number of hydrogen-bond acceptors (Lipinski definition) is 4. The predicted octanol–water partition coefficient (Wildman–Crippen LogP) is 0.931. The summed E-state index contributed by atoms with van der Waals surface area (Å²) in [5.41, 5.74) is 0. The summed E-state index contributed by atoms with van der Waals surface area (Å²) in [6.45, 7) is 6.20. The summed E-state index contributed by atoms with van der Waals surface area (Å²) in [7, 11) is 0. The monoisotopic (exact) mass is 231 g/mol. The highest BCUT2D eigenvalue weighted by Gasteiger charge is 2.23. The molecule has 0 aromatic rings. The van der Waals surface area contributed by atoms with Crippen molar-refractivity contribution in [2.45, 2.75) is 51.3 Å². The Balaban J connectivity index is 1.87. The van der Waals surface area contributed by atoms with E-state index in [4.69, 9.17) is 14.6 Å². The van der Waals surface area contributed by atoms with Crippen LogP contribution < -0.4 is 5.32 Å². The molecule has 0 aliphatic heterocycles. The van der Waals surface area contributed by atoms with Gasteiger partial charge in [0.2, 0.25) is 0 Å². The molecule has 4 heteroatoms. The van der Waals surface area contributed by atoms with E-state index < -0.39 is 0 Å². The summed E-state index contributed by atoms with van der Waals surface area (Å²) in [5, 5.41) is 12.5. The normalized spacial score (nSPS) is 18.0. The Kier molecular flexibility index (Phi) is 6.96. The summed E-state index contributed by atoms with van der Waals surface area (Å²) >= 11 is 0. The van der Waals surface area contributed by atoms with Crippen LogP contribution in [-0.2, 0) is 9.47 Å². The zero-order chi connectivity index (χ0) is 11.8. The van der Waals surface area contributed by atoms with Gasteiger partial charge in [0.05, 0.1) is 25.9 Å². The van der Waals surface area contributed by atoms with Gasteiger partial charge in [0, 0.05) is 18.7 Å². The number of ether oxygens (including phenoxy) is 2. The van der Waals surface area contributed by atoms with Crippen molar-refractivity contribution in [3.8, 4) is 0 Å². The topological polar surface area (TPSA) is 50.7 Å². The maximum Gasteiger partial charge on any atom is 0.0703 e. The first-order chi connectivity index (χ1) is 7.72. The van der Waals surface area contributed by atoms with Crippen molar-refractivity contribution in [1.82, 2.24) is 5.32 Å². The van der Waals surface area contributed by atoms with E-state index in [9.17, 15) is 0 Å². The van der Waals surface area contributed by atoms with Crippen molar-refractivity contribution < 1.29 is 14.6 Å². The smallest absolute Gasteiger partial charge is 0.0703 e. The SMILES string of the molecule is CC(C)OCCOCCC(CO)NC1CC1. The molecule has 2 N–H and O–H groups in total. The van der Waals surface area contributed by atoms with Gasteiger partial charge in [0.25, 0.3) is 0 Å². The third-order valence-electron chi connectivity index (χ3n) is 2.56. The van der Waals surface area contributed by atoms with Gasteiger partial charge in [-0.25, -0.2) is 0 Å². The molecular formula is C12H25NO3. The van der Waals surface area contributed by atoms with Gasteiger partial charge in [-0.05, 0) is 33.1 Å². The Bertz CT molecular complexity index is 172. The van der Waals surface area contributed by atoms with Crippen LogP contribution >= 0.6 is 0 Å². The summed E-state index contributed by atoms with van der Waals surface area (Å²) in [6.07, 6.45) is 3.64. The van der Waals surface area contributed by atoms with Crippen LogP contribution in [0.5, 0.6) is 0 Å². The van der Waals surface area contributed by atoms with E-state index in [1.165, 1.54) is 12.8 Å². The Hall–Kier alpha value is -0.160. The Morgan fingerprint density at radius 2 is 2.00 bits per heavy atom. The Morgan fingerprint density at radius 3 is 2.56 bits per heavy atom. The Morgan fingerprint density at radius 1 is 1.25 bits per heavy atom. The second-order valence-corrected chi connectivity index (χ2v) is 4.64. The quantitative estimate of drug-likeness (QED) is 0.549. The van der Waals surface area contributed by atoms with Crippen molar-refractivity contribution in [2.24, 2.45) is 0 Å². The zero-order valence-electron chi connectivity index (χ0n) is 10.4. The number of hydrogen-bond donors (Lipinski definition) is 2. The minimum atomic E-state index is 0.193. The Labute approximate surface area is 98.3 Å². The van der Waals surface area contributed by atoms with Gasteiger partial charge in [0.1, 0.15) is 0 Å². The fourth-order valence-corrected chi connectivity index (χ4v) is 1.48. The average Bonchev–Trinajstić information content (AvgIpc) is 3.04. The van der Waals surface area contributed by atoms with Crippen LogP contribution in [0, 0.1) is 0 Å². The lowest BCUT2D eigenvalue weighted by Gasteiger charge is -2.15. The molecule has 1 unspecified atom stereocenters. The van der Waals surface area contributed by atoms with Crippen LogP contribution in [-0.4, -0.2) is 49.7 Å². The third-order valence-corrected chi connectivity index (χ3v) is 2.56. The molecule has 1 saturated carbocycles. The molecule has 0 amide bonds. The van der Waals surface area contributed by atoms with Crippen LogP contribution in [0.15, 0.2) is 0 Å². The lowest BCUT2D eigenvalue weighted by Crippen LogP contribution is -2.35. The van der Waals surface area contributed by atoms with E-state index in [1.54, 1.807) is 0 Å². The molecular weight excluding hydrogens is 206 g/mol. The maximum atomic E-state index is 9.14. The molecule has 0 spiro atoms. The molecule has 0 heterocycles. The zero-order valence-corrected chi connectivity index (χ0v) is 10.4. The van der Waals surface area contributed by atoms with Gasteiger partial charge in [-0.15, -0.1) is 0 Å². The first-order valence-corrected chi connectivity index (χ1v) is 6.28. The van der Waals surface area contributed by atoms with Crippen LogP contribution in [0.4, 0.5) is 0 Å². The summed E-state index contributed by atoms with van der Waals surface area (Å²) in [5.74, 6) is 0. The molecule has 96 valence electrons. The number of nitrogens with one attached hydrogen (secondary N) is 1. The first kappa shape index (κ1) is 13.9. The highest BCUT2D eigenvalue weighted by atomic mass is 16.5. The average molecular weight is 231 g/mol. The largest absolute Gasteiger partial charge is 0.395 e. The highest BCUT2D eigenvalue weighted by Crippen LogP contribution is 2.19. The van der Waals surface area contributed by atoms with E-state index in [1.807, 2.05) is 13.8 Å². The molecule has 0 aromatic carbocycles. The minimum absolute atomic E-state index is 0.193. The molecule has 0 aromatic heterocycles. The summed E-state index contributed by atoms with van der Waals surface area (Å²) in [6, 6.07) is 0.833. The highest BCUT2D eigenvalue weighted by molar-refractivity contribution is 4.84. The van der Waals surface area contributed by atoms with Crippen molar-refractivity contribution in [3.63, 3.8) is 0 Å². The van der Waals surface area contributed by atoms with Gasteiger partial charge in [-0.3, -0.25) is 0 Å². The van der Waals surface area contributed by atoms with E-state index in [0.29, 0.717) is 25.9 Å². The molecule has 16 heavy (non-hydrogen) atoms. The van der Waals surface area contributed by atoms with Gasteiger partial charge in [0.15, 0.2) is 0 Å². The van der Waals surface area contributed by atoms with E-state index in [2.05, 4.69) is 5.32 Å². The molecule has 1 fully saturated rings. The number of aliphatic hydroxyl groups is 1. The molecule has 4 nitrogen and oxygen atoms in total. The van der Waals surface area contributed by atoms with Gasteiger partial charge >= 0.3 is 0 Å². The fraction of sp³-hybridized carbons (Fsp3) is 1.00. The standard InChI is InChI=1S/C12H25NO3/c1-10(2)16-8-7-15-6-5-12(9-14)13-11-3-4-11/h10-14H,3-9H2,1-2H3. The second kappa shape index (κ2) is 8.01. The van der Waals surface area contributed by atoms with Crippen molar-refractivity contribution in [1.29, 1.82) is 0 Å². The lowest BCUT2D eigenvalue weighted by atomic mass is 10.2. The van der Waals surface area contributed by atoms with Crippen LogP contribution in [0.25, 0.3) is 0 Å². The van der Waals surface area contributed by atoms with Crippen LogP contribution in [0.3, 0.4) is 0 Å². The molecule has 1 aliphatic rings. The number of aliphatic hydroxyl groups excluding tert-OH is 1. The summed E-state index contributed by atoms with van der Waals surface area (Å²) in [4.78, 5) is 0. The van der Waals surface area contributed by atoms with Crippen molar-refractivity contribution >= 4 is 0 Å². The predicted molar refractivity (Wildman–Crippen MR) is 63.6 cm³/mol. The maximum absolute atomic E-state index is 9.14. The van der Waals surface area contributed by atoms with Crippen molar-refractivity contribution in [3.05, 3.63) is 0 Å². The lowest BCUT2D eigenvalue weighted by molar-refractivity contribution is 0.0162.